The molecule has 3 nitrogen and oxygen atoms in total. The zero-order valence-corrected chi connectivity index (χ0v) is 5.92. The number of hydrogen-bond acceptors (Lipinski definition) is 3. The molecule has 0 bridgehead atoms. The van der Waals surface area contributed by atoms with Crippen molar-refractivity contribution in [2.24, 2.45) is 0 Å². The van der Waals surface area contributed by atoms with Crippen molar-refractivity contribution in [1.29, 1.82) is 0 Å². The van der Waals surface area contributed by atoms with Gasteiger partial charge >= 0.3 is 0 Å². The van der Waals surface area contributed by atoms with Crippen LogP contribution >= 0.6 is 0 Å². The number of aromatic nitrogens is 2. The van der Waals surface area contributed by atoms with E-state index in [9.17, 15) is 4.39 Å². The molecule has 1 N–H and O–H groups in total. The van der Waals surface area contributed by atoms with Gasteiger partial charge in [-0.05, 0) is 0 Å². The van der Waals surface area contributed by atoms with Crippen molar-refractivity contribution in [3.8, 4) is 0 Å². The molecular weight excluding hydrogens is 145 g/mol. The number of rotatable bonds is 3. The molecule has 0 amide bonds. The number of nitrogens with one attached hydrogen (secondary N) is 1. The smallest absolute Gasteiger partial charge is 0.223 e. The third kappa shape index (κ3) is 2.33. The van der Waals surface area contributed by atoms with Crippen LogP contribution in [0, 0.1) is 5.82 Å². The fourth-order valence-electron chi connectivity index (χ4n) is 0.567. The van der Waals surface area contributed by atoms with Crippen LogP contribution in [-0.4, -0.2) is 16.5 Å². The molecule has 0 saturated heterocycles. The summed E-state index contributed by atoms with van der Waals surface area (Å²) in [5.74, 6) is -0.0274. The van der Waals surface area contributed by atoms with Gasteiger partial charge in [-0.2, -0.15) is 0 Å². The molecule has 0 unspecified atom stereocenters. The van der Waals surface area contributed by atoms with E-state index in [2.05, 4.69) is 21.9 Å². The summed E-state index contributed by atoms with van der Waals surface area (Å²) in [4.78, 5) is 7.34. The summed E-state index contributed by atoms with van der Waals surface area (Å²) in [6.07, 6.45) is 3.89. The van der Waals surface area contributed by atoms with Gasteiger partial charge < -0.3 is 5.32 Å². The van der Waals surface area contributed by atoms with Gasteiger partial charge in [0.2, 0.25) is 5.95 Å². The fourth-order valence-corrected chi connectivity index (χ4v) is 0.567. The van der Waals surface area contributed by atoms with E-state index in [1.54, 1.807) is 6.08 Å². The molecule has 0 saturated carbocycles. The summed E-state index contributed by atoms with van der Waals surface area (Å²) in [5, 5.41) is 2.81. The van der Waals surface area contributed by atoms with Gasteiger partial charge in [-0.3, -0.25) is 0 Å². The molecule has 0 radical (unpaired) electrons. The van der Waals surface area contributed by atoms with Gasteiger partial charge in [0.25, 0.3) is 0 Å². The summed E-state index contributed by atoms with van der Waals surface area (Å²) < 4.78 is 12.2. The van der Waals surface area contributed by atoms with Crippen molar-refractivity contribution in [1.82, 2.24) is 9.97 Å². The quantitative estimate of drug-likeness (QED) is 0.663. The number of halogens is 1. The van der Waals surface area contributed by atoms with Crippen molar-refractivity contribution in [2.45, 2.75) is 0 Å². The molecule has 0 aliphatic carbocycles. The summed E-state index contributed by atoms with van der Waals surface area (Å²) in [6.45, 7) is 4.08. The van der Waals surface area contributed by atoms with E-state index in [1.165, 1.54) is 0 Å². The van der Waals surface area contributed by atoms with Crippen LogP contribution in [-0.2, 0) is 0 Å². The topological polar surface area (TPSA) is 37.8 Å². The molecule has 4 heteroatoms. The van der Waals surface area contributed by atoms with Crippen LogP contribution in [0.25, 0.3) is 0 Å². The van der Waals surface area contributed by atoms with E-state index in [1.807, 2.05) is 0 Å². The Balaban J connectivity index is 2.58. The summed E-state index contributed by atoms with van der Waals surface area (Å²) >= 11 is 0. The maximum atomic E-state index is 12.2. The van der Waals surface area contributed by atoms with Crippen LogP contribution in [0.15, 0.2) is 25.0 Å². The molecule has 11 heavy (non-hydrogen) atoms. The molecule has 1 rings (SSSR count). The second kappa shape index (κ2) is 3.65. The Kier molecular flexibility index (Phi) is 2.54. The van der Waals surface area contributed by atoms with Crippen LogP contribution in [0.4, 0.5) is 10.3 Å². The predicted molar refractivity (Wildman–Crippen MR) is 40.7 cm³/mol. The Hall–Kier alpha value is -1.45. The van der Waals surface area contributed by atoms with Crippen LogP contribution in [0.5, 0.6) is 0 Å². The molecule has 0 atom stereocenters. The second-order valence-electron chi connectivity index (χ2n) is 1.89. The van der Waals surface area contributed by atoms with Crippen molar-refractivity contribution < 1.29 is 4.39 Å². The molecule has 58 valence electrons. The van der Waals surface area contributed by atoms with Crippen molar-refractivity contribution in [3.63, 3.8) is 0 Å². The highest BCUT2D eigenvalue weighted by molar-refractivity contribution is 5.23. The lowest BCUT2D eigenvalue weighted by molar-refractivity contribution is 0.614. The number of anilines is 1. The molecular formula is C7H8FN3. The minimum atomic E-state index is -0.436. The SMILES string of the molecule is C=CCNc1ncc(F)cn1. The second-order valence-corrected chi connectivity index (χ2v) is 1.89. The Morgan fingerprint density at radius 3 is 2.73 bits per heavy atom. The van der Waals surface area contributed by atoms with Gasteiger partial charge in [-0.25, -0.2) is 14.4 Å². The highest BCUT2D eigenvalue weighted by Crippen LogP contribution is 1.96. The minimum absolute atomic E-state index is 0.409. The first-order valence-corrected chi connectivity index (χ1v) is 3.15. The monoisotopic (exact) mass is 153 g/mol. The lowest BCUT2D eigenvalue weighted by atomic mass is 10.6. The Morgan fingerprint density at radius 2 is 2.18 bits per heavy atom. The molecule has 1 heterocycles. The zero-order chi connectivity index (χ0) is 8.10. The summed E-state index contributed by atoms with van der Waals surface area (Å²) in [6, 6.07) is 0. The van der Waals surface area contributed by atoms with Crippen molar-refractivity contribution >= 4 is 5.95 Å². The average Bonchev–Trinajstić information content (AvgIpc) is 2.04. The van der Waals surface area contributed by atoms with Crippen LogP contribution in [0.2, 0.25) is 0 Å². The Labute approximate surface area is 64.0 Å². The van der Waals surface area contributed by atoms with Crippen molar-refractivity contribution in [2.75, 3.05) is 11.9 Å². The first-order valence-electron chi connectivity index (χ1n) is 3.15. The summed E-state index contributed by atoms with van der Waals surface area (Å²) in [5.41, 5.74) is 0. The molecule has 1 aromatic rings. The summed E-state index contributed by atoms with van der Waals surface area (Å²) in [7, 11) is 0. The normalized spacial score (nSPS) is 9.18. The molecule has 1 aromatic heterocycles. The molecule has 0 aromatic carbocycles. The average molecular weight is 153 g/mol. The maximum Gasteiger partial charge on any atom is 0.223 e. The van der Waals surface area contributed by atoms with Crippen LogP contribution in [0.3, 0.4) is 0 Å². The van der Waals surface area contributed by atoms with Crippen molar-refractivity contribution in [3.05, 3.63) is 30.9 Å². The largest absolute Gasteiger partial charge is 0.351 e. The van der Waals surface area contributed by atoms with Gasteiger partial charge in [-0.1, -0.05) is 6.08 Å². The first kappa shape index (κ1) is 7.65. The molecule has 0 aliphatic rings. The van der Waals surface area contributed by atoms with E-state index in [0.717, 1.165) is 12.4 Å². The van der Waals surface area contributed by atoms with Crippen LogP contribution < -0.4 is 5.32 Å². The van der Waals surface area contributed by atoms with E-state index >= 15 is 0 Å². The van der Waals surface area contributed by atoms with Gasteiger partial charge in [0.15, 0.2) is 5.82 Å². The Bertz CT molecular complexity index is 232. The lowest BCUT2D eigenvalue weighted by Crippen LogP contribution is -2.02. The highest BCUT2D eigenvalue weighted by atomic mass is 19.1. The lowest BCUT2D eigenvalue weighted by Gasteiger charge is -1.98. The van der Waals surface area contributed by atoms with Gasteiger partial charge in [0.1, 0.15) is 0 Å². The Morgan fingerprint density at radius 1 is 1.55 bits per heavy atom. The van der Waals surface area contributed by atoms with E-state index < -0.39 is 5.82 Å². The van der Waals surface area contributed by atoms with Gasteiger partial charge in [-0.15, -0.1) is 6.58 Å². The third-order valence-corrected chi connectivity index (χ3v) is 1.02. The highest BCUT2D eigenvalue weighted by Gasteiger charge is 1.92. The first-order chi connectivity index (χ1) is 5.33. The number of hydrogen-bond donors (Lipinski definition) is 1. The van der Waals surface area contributed by atoms with E-state index in [0.29, 0.717) is 12.5 Å². The molecule has 0 spiro atoms. The zero-order valence-electron chi connectivity index (χ0n) is 5.92. The van der Waals surface area contributed by atoms with Crippen LogP contribution in [0.1, 0.15) is 0 Å². The standard InChI is InChI=1S/C7H8FN3/c1-2-3-9-7-10-4-6(8)5-11-7/h2,4-5H,1,3H2,(H,9,10,11). The van der Waals surface area contributed by atoms with Gasteiger partial charge in [0.05, 0.1) is 12.4 Å². The van der Waals surface area contributed by atoms with E-state index in [-0.39, 0.29) is 0 Å². The van der Waals surface area contributed by atoms with Gasteiger partial charge in [0, 0.05) is 6.54 Å². The molecule has 0 aliphatic heterocycles. The van der Waals surface area contributed by atoms with E-state index in [4.69, 9.17) is 0 Å². The minimum Gasteiger partial charge on any atom is -0.351 e. The third-order valence-electron chi connectivity index (χ3n) is 1.02. The fraction of sp³-hybridized carbons (Fsp3) is 0.143. The number of nitrogens with zero attached hydrogens (tertiary/aromatic N) is 2. The molecule has 0 fully saturated rings. The predicted octanol–water partition coefficient (Wildman–Crippen LogP) is 1.21. The maximum absolute atomic E-state index is 12.2.